The molecule has 2 aliphatic heterocycles. The van der Waals surface area contributed by atoms with Gasteiger partial charge in [-0.2, -0.15) is 0 Å². The first-order chi connectivity index (χ1) is 16.2. The van der Waals surface area contributed by atoms with Gasteiger partial charge >= 0.3 is 0 Å². The van der Waals surface area contributed by atoms with Gasteiger partial charge in [0.2, 0.25) is 0 Å². The monoisotopic (exact) mass is 449 g/mol. The minimum Gasteiger partial charge on any atom is -0.393 e. The summed E-state index contributed by atoms with van der Waals surface area (Å²) in [5, 5.41) is 16.8. The Bertz CT molecular complexity index is 862. The van der Waals surface area contributed by atoms with Gasteiger partial charge in [0.25, 0.3) is 0 Å². The van der Waals surface area contributed by atoms with Crippen LogP contribution in [0.2, 0.25) is 0 Å². The molecule has 0 amide bonds. The quantitative estimate of drug-likeness (QED) is 0.447. The molecule has 0 saturated carbocycles. The number of benzene rings is 2. The van der Waals surface area contributed by atoms with Crippen molar-refractivity contribution in [3.05, 3.63) is 65.7 Å². The first-order valence-corrected chi connectivity index (χ1v) is 12.5. The molecule has 2 aliphatic rings. The minimum absolute atomic E-state index is 0.115. The second kappa shape index (κ2) is 12.1. The highest BCUT2D eigenvalue weighted by molar-refractivity contribution is 5.80. The molecule has 0 radical (unpaired) electrons. The van der Waals surface area contributed by atoms with Gasteiger partial charge in [-0.1, -0.05) is 42.5 Å². The number of nitrogens with one attached hydrogen (secondary N) is 2. The van der Waals surface area contributed by atoms with E-state index >= 15 is 0 Å². The van der Waals surface area contributed by atoms with E-state index in [0.29, 0.717) is 12.6 Å². The van der Waals surface area contributed by atoms with Crippen LogP contribution in [0.1, 0.15) is 43.7 Å². The zero-order valence-electron chi connectivity index (χ0n) is 19.9. The summed E-state index contributed by atoms with van der Waals surface area (Å²) in [5.41, 5.74) is 3.85. The molecule has 1 atom stereocenters. The molecule has 2 heterocycles. The Kier molecular flexibility index (Phi) is 8.61. The van der Waals surface area contributed by atoms with Crippen LogP contribution in [0.5, 0.6) is 0 Å². The summed E-state index contributed by atoms with van der Waals surface area (Å²) in [5.74, 6) is 0.897. The van der Waals surface area contributed by atoms with Gasteiger partial charge in [0.15, 0.2) is 5.96 Å². The molecule has 33 heavy (non-hydrogen) atoms. The Labute approximate surface area is 198 Å². The van der Waals surface area contributed by atoms with Crippen LogP contribution in [0.25, 0.3) is 0 Å². The zero-order valence-corrected chi connectivity index (χ0v) is 19.9. The predicted octanol–water partition coefficient (Wildman–Crippen LogP) is 3.37. The lowest BCUT2D eigenvalue weighted by Crippen LogP contribution is -2.51. The van der Waals surface area contributed by atoms with Crippen molar-refractivity contribution >= 4 is 11.6 Å². The third-order valence-corrected chi connectivity index (χ3v) is 6.63. The van der Waals surface area contributed by atoms with Gasteiger partial charge in [0.05, 0.1) is 12.6 Å². The third kappa shape index (κ3) is 7.21. The van der Waals surface area contributed by atoms with Crippen molar-refractivity contribution in [2.75, 3.05) is 37.6 Å². The molecule has 2 saturated heterocycles. The molecule has 0 bridgehead atoms. The standard InChI is InChI=1S/C27H39N5O/c1-2-28-27(30-24-7-6-16-32(21-24)25-8-4-3-5-9-25)29-19-22-10-12-23(13-11-22)20-31-17-14-26(33)15-18-31/h3-5,8-13,24,26,33H,2,6-7,14-21H2,1H3,(H2,28,29,30). The largest absolute Gasteiger partial charge is 0.393 e. The third-order valence-electron chi connectivity index (χ3n) is 6.63. The van der Waals surface area contributed by atoms with Gasteiger partial charge < -0.3 is 20.6 Å². The number of hydrogen-bond donors (Lipinski definition) is 3. The van der Waals surface area contributed by atoms with E-state index in [0.717, 1.165) is 64.5 Å². The van der Waals surface area contributed by atoms with Crippen LogP contribution in [-0.4, -0.2) is 60.8 Å². The van der Waals surface area contributed by atoms with Crippen LogP contribution >= 0.6 is 0 Å². The number of likely N-dealkylation sites (tertiary alicyclic amines) is 1. The molecular weight excluding hydrogens is 410 g/mol. The van der Waals surface area contributed by atoms with Crippen molar-refractivity contribution in [3.8, 4) is 0 Å². The number of guanidine groups is 1. The smallest absolute Gasteiger partial charge is 0.191 e. The average molecular weight is 450 g/mol. The molecule has 178 valence electrons. The molecule has 6 heteroatoms. The fourth-order valence-corrected chi connectivity index (χ4v) is 4.74. The number of hydrogen-bond acceptors (Lipinski definition) is 4. The molecule has 0 spiro atoms. The maximum Gasteiger partial charge on any atom is 0.191 e. The van der Waals surface area contributed by atoms with E-state index < -0.39 is 0 Å². The summed E-state index contributed by atoms with van der Waals surface area (Å²) in [6.45, 7) is 8.66. The van der Waals surface area contributed by atoms with Crippen LogP contribution < -0.4 is 15.5 Å². The fourth-order valence-electron chi connectivity index (χ4n) is 4.74. The molecule has 2 aromatic carbocycles. The first kappa shape index (κ1) is 23.6. The normalized spacial score (nSPS) is 20.6. The highest BCUT2D eigenvalue weighted by Gasteiger charge is 2.21. The molecular formula is C27H39N5O. The van der Waals surface area contributed by atoms with E-state index in [1.54, 1.807) is 0 Å². The van der Waals surface area contributed by atoms with Gasteiger partial charge in [-0.15, -0.1) is 0 Å². The van der Waals surface area contributed by atoms with Crippen molar-refractivity contribution in [1.82, 2.24) is 15.5 Å². The second-order valence-electron chi connectivity index (χ2n) is 9.28. The summed E-state index contributed by atoms with van der Waals surface area (Å²) in [4.78, 5) is 9.76. The van der Waals surface area contributed by atoms with Crippen LogP contribution in [0.4, 0.5) is 5.69 Å². The van der Waals surface area contributed by atoms with E-state index in [9.17, 15) is 5.11 Å². The number of piperidine rings is 2. The van der Waals surface area contributed by atoms with E-state index in [4.69, 9.17) is 4.99 Å². The summed E-state index contributed by atoms with van der Waals surface area (Å²) in [6, 6.07) is 19.9. The van der Waals surface area contributed by atoms with Crippen molar-refractivity contribution < 1.29 is 5.11 Å². The van der Waals surface area contributed by atoms with Gasteiger partial charge in [-0.3, -0.25) is 4.90 Å². The van der Waals surface area contributed by atoms with Crippen LogP contribution in [0, 0.1) is 0 Å². The lowest BCUT2D eigenvalue weighted by molar-refractivity contribution is 0.0792. The number of para-hydroxylation sites is 1. The Balaban J connectivity index is 1.30. The van der Waals surface area contributed by atoms with Crippen molar-refractivity contribution in [2.45, 2.75) is 57.8 Å². The first-order valence-electron chi connectivity index (χ1n) is 12.5. The van der Waals surface area contributed by atoms with Gasteiger partial charge in [0, 0.05) is 51.0 Å². The molecule has 1 unspecified atom stereocenters. The maximum absolute atomic E-state index is 9.69. The number of anilines is 1. The van der Waals surface area contributed by atoms with Crippen molar-refractivity contribution in [2.24, 2.45) is 4.99 Å². The highest BCUT2D eigenvalue weighted by atomic mass is 16.3. The number of rotatable bonds is 7. The Morgan fingerprint density at radius 2 is 1.70 bits per heavy atom. The van der Waals surface area contributed by atoms with E-state index in [2.05, 4.69) is 82.0 Å². The van der Waals surface area contributed by atoms with Crippen LogP contribution in [0.15, 0.2) is 59.6 Å². The summed E-state index contributed by atoms with van der Waals surface area (Å²) < 4.78 is 0. The molecule has 0 aliphatic carbocycles. The van der Waals surface area contributed by atoms with E-state index in [1.165, 1.54) is 23.2 Å². The van der Waals surface area contributed by atoms with E-state index in [-0.39, 0.29) is 6.10 Å². The molecule has 4 rings (SSSR count). The Morgan fingerprint density at radius 3 is 2.42 bits per heavy atom. The minimum atomic E-state index is -0.115. The lowest BCUT2D eigenvalue weighted by Gasteiger charge is -2.35. The predicted molar refractivity (Wildman–Crippen MR) is 137 cm³/mol. The number of aliphatic hydroxyl groups is 1. The Hall–Kier alpha value is -2.57. The average Bonchev–Trinajstić information content (AvgIpc) is 2.86. The lowest BCUT2D eigenvalue weighted by atomic mass is 10.0. The molecule has 0 aromatic heterocycles. The van der Waals surface area contributed by atoms with E-state index in [1.807, 2.05) is 0 Å². The van der Waals surface area contributed by atoms with Crippen molar-refractivity contribution in [1.29, 1.82) is 0 Å². The molecule has 2 aromatic rings. The zero-order chi connectivity index (χ0) is 22.9. The Morgan fingerprint density at radius 1 is 0.970 bits per heavy atom. The molecule has 3 N–H and O–H groups in total. The van der Waals surface area contributed by atoms with Crippen molar-refractivity contribution in [3.63, 3.8) is 0 Å². The summed E-state index contributed by atoms with van der Waals surface area (Å²) >= 11 is 0. The summed E-state index contributed by atoms with van der Waals surface area (Å²) in [7, 11) is 0. The fraction of sp³-hybridized carbons (Fsp3) is 0.519. The number of aliphatic imine (C=N–C) groups is 1. The number of nitrogens with zero attached hydrogens (tertiary/aromatic N) is 3. The van der Waals surface area contributed by atoms with Gasteiger partial charge in [-0.25, -0.2) is 4.99 Å². The van der Waals surface area contributed by atoms with Crippen LogP contribution in [0.3, 0.4) is 0 Å². The second-order valence-corrected chi connectivity index (χ2v) is 9.28. The maximum atomic E-state index is 9.69. The summed E-state index contributed by atoms with van der Waals surface area (Å²) in [6.07, 6.45) is 4.00. The topological polar surface area (TPSA) is 63.1 Å². The molecule has 2 fully saturated rings. The SMILES string of the molecule is CCNC(=NCc1ccc(CN2CCC(O)CC2)cc1)NC1CCCN(c2ccccc2)C1. The van der Waals surface area contributed by atoms with Gasteiger partial charge in [-0.05, 0) is 55.9 Å². The highest BCUT2D eigenvalue weighted by Crippen LogP contribution is 2.19. The van der Waals surface area contributed by atoms with Gasteiger partial charge in [0.1, 0.15) is 0 Å². The number of aliphatic hydroxyl groups excluding tert-OH is 1. The molecule has 6 nitrogen and oxygen atoms in total. The van der Waals surface area contributed by atoms with Crippen LogP contribution in [-0.2, 0) is 13.1 Å².